The maximum Gasteiger partial charge on any atom is 0.416 e. The molecule has 3 aliphatic rings. The van der Waals surface area contributed by atoms with Crippen molar-refractivity contribution in [2.75, 3.05) is 26.0 Å². The largest absolute Gasteiger partial charge is 0.416 e. The quantitative estimate of drug-likeness (QED) is 0.754. The van der Waals surface area contributed by atoms with Gasteiger partial charge in [0.25, 0.3) is 0 Å². The lowest BCUT2D eigenvalue weighted by Gasteiger charge is -2.36. The van der Waals surface area contributed by atoms with Crippen molar-refractivity contribution in [2.45, 2.75) is 68.1 Å². The fourth-order valence-electron chi connectivity index (χ4n) is 5.12. The average molecular weight is 459 g/mol. The summed E-state index contributed by atoms with van der Waals surface area (Å²) in [7, 11) is -1.37. The number of carbonyl (C=O) groups is 1. The molecule has 9 heteroatoms. The highest BCUT2D eigenvalue weighted by Crippen LogP contribution is 2.39. The second-order valence-corrected chi connectivity index (χ2v) is 10.6. The molecule has 3 atom stereocenters. The first-order valence-corrected chi connectivity index (χ1v) is 12.4. The molecule has 2 aliphatic heterocycles. The number of benzene rings is 1. The number of hydrogen-bond donors (Lipinski definition) is 1. The third-order valence-electron chi connectivity index (χ3n) is 6.94. The Hall–Kier alpha value is -1.45. The van der Waals surface area contributed by atoms with Gasteiger partial charge in [-0.15, -0.1) is 0 Å². The number of rotatable bonds is 4. The highest BCUT2D eigenvalue weighted by Gasteiger charge is 2.51. The van der Waals surface area contributed by atoms with Crippen molar-refractivity contribution in [3.05, 3.63) is 34.9 Å². The molecule has 1 saturated heterocycles. The number of hydrogen-bond acceptors (Lipinski definition) is 4. The standard InChI is InChI=1S/C22H29F3N2O3S/c1-31(29)21(8-4-19(13-21)26-18-6-10-30-11-7-18)20(28)27-9-5-15-2-3-17(22(23,24)25)12-16(15)14-27/h2-3,12,18-19,26H,4-11,13-14H2,1H3/t19-,21?,31?/m1/s1. The van der Waals surface area contributed by atoms with Crippen molar-refractivity contribution in [3.8, 4) is 0 Å². The molecule has 0 bridgehead atoms. The number of ether oxygens (including phenoxy) is 1. The minimum Gasteiger partial charge on any atom is -0.381 e. The number of nitrogens with zero attached hydrogens (tertiary/aromatic N) is 1. The minimum absolute atomic E-state index is 0.116. The molecule has 0 aromatic heterocycles. The van der Waals surface area contributed by atoms with Crippen molar-refractivity contribution < 1.29 is 26.9 Å². The number of halogens is 3. The zero-order valence-corrected chi connectivity index (χ0v) is 18.5. The molecule has 1 saturated carbocycles. The van der Waals surface area contributed by atoms with Gasteiger partial charge in [0.15, 0.2) is 0 Å². The fraction of sp³-hybridized carbons (Fsp3) is 0.682. The Morgan fingerprint density at radius 2 is 1.94 bits per heavy atom. The smallest absolute Gasteiger partial charge is 0.381 e. The predicted molar refractivity (Wildman–Crippen MR) is 112 cm³/mol. The molecule has 172 valence electrons. The summed E-state index contributed by atoms with van der Waals surface area (Å²) in [5, 5.41) is 3.61. The highest BCUT2D eigenvalue weighted by molar-refractivity contribution is 7.86. The van der Waals surface area contributed by atoms with Gasteiger partial charge in [-0.3, -0.25) is 9.00 Å². The first-order valence-electron chi connectivity index (χ1n) is 10.8. The third-order valence-corrected chi connectivity index (χ3v) is 8.58. The number of nitrogens with one attached hydrogen (secondary N) is 1. The van der Waals surface area contributed by atoms with Crippen LogP contribution in [0.5, 0.6) is 0 Å². The zero-order valence-electron chi connectivity index (χ0n) is 17.7. The van der Waals surface area contributed by atoms with Crippen LogP contribution in [0.1, 0.15) is 48.8 Å². The number of alkyl halides is 3. The maximum absolute atomic E-state index is 13.6. The SMILES string of the molecule is CS(=O)C1(C(=O)N2CCc3ccc(C(F)(F)F)cc3C2)CC[C@@H](NC2CCOCC2)C1. The van der Waals surface area contributed by atoms with Crippen molar-refractivity contribution in [1.82, 2.24) is 10.2 Å². The van der Waals surface area contributed by atoms with Crippen molar-refractivity contribution >= 4 is 16.7 Å². The Kier molecular flexibility index (Phi) is 6.47. The monoisotopic (exact) mass is 458 g/mol. The van der Waals surface area contributed by atoms with E-state index in [2.05, 4.69) is 5.32 Å². The molecule has 2 heterocycles. The minimum atomic E-state index is -4.41. The van der Waals surface area contributed by atoms with Gasteiger partial charge in [0.1, 0.15) is 4.75 Å². The normalized spacial score (nSPS) is 28.4. The van der Waals surface area contributed by atoms with E-state index >= 15 is 0 Å². The molecule has 2 unspecified atom stereocenters. The first-order chi connectivity index (χ1) is 14.7. The Balaban J connectivity index is 1.49. The van der Waals surface area contributed by atoms with Gasteiger partial charge < -0.3 is 15.0 Å². The lowest BCUT2D eigenvalue weighted by Crippen LogP contribution is -2.52. The van der Waals surface area contributed by atoms with Crippen LogP contribution in [0.2, 0.25) is 0 Å². The lowest BCUT2D eigenvalue weighted by molar-refractivity contribution is -0.137. The van der Waals surface area contributed by atoms with E-state index in [9.17, 15) is 22.2 Å². The molecular weight excluding hydrogens is 429 g/mol. The molecule has 5 nitrogen and oxygen atoms in total. The van der Waals surface area contributed by atoms with Crippen molar-refractivity contribution in [3.63, 3.8) is 0 Å². The summed E-state index contributed by atoms with van der Waals surface area (Å²) in [5.74, 6) is -0.187. The van der Waals surface area contributed by atoms with Gasteiger partial charge in [-0.1, -0.05) is 6.07 Å². The van der Waals surface area contributed by atoms with Crippen LogP contribution in [0.15, 0.2) is 18.2 Å². The summed E-state index contributed by atoms with van der Waals surface area (Å²) < 4.78 is 56.6. The van der Waals surface area contributed by atoms with E-state index in [1.165, 1.54) is 6.07 Å². The van der Waals surface area contributed by atoms with Gasteiger partial charge in [0, 0.05) is 55.4 Å². The lowest BCUT2D eigenvalue weighted by atomic mass is 9.95. The summed E-state index contributed by atoms with van der Waals surface area (Å²) in [6, 6.07) is 4.22. The first kappa shape index (κ1) is 22.7. The van der Waals surface area contributed by atoms with E-state index in [-0.39, 0.29) is 18.5 Å². The van der Waals surface area contributed by atoms with E-state index in [0.29, 0.717) is 37.4 Å². The molecule has 1 aliphatic carbocycles. The molecular formula is C22H29F3N2O3S. The number of carbonyl (C=O) groups excluding carboxylic acids is 1. The van der Waals surface area contributed by atoms with Crippen LogP contribution < -0.4 is 5.32 Å². The maximum atomic E-state index is 13.6. The Labute approximate surface area is 183 Å². The molecule has 4 rings (SSSR count). The van der Waals surface area contributed by atoms with Crippen LogP contribution in [-0.4, -0.2) is 57.9 Å². The second kappa shape index (κ2) is 8.83. The van der Waals surface area contributed by atoms with Gasteiger partial charge in [-0.25, -0.2) is 0 Å². The average Bonchev–Trinajstić information content (AvgIpc) is 3.17. The van der Waals surface area contributed by atoms with Crippen LogP contribution in [0, 0.1) is 0 Å². The van der Waals surface area contributed by atoms with Crippen molar-refractivity contribution in [2.24, 2.45) is 0 Å². The van der Waals surface area contributed by atoms with Gasteiger partial charge >= 0.3 is 6.18 Å². The molecule has 0 radical (unpaired) electrons. The summed E-state index contributed by atoms with van der Waals surface area (Å²) in [6.45, 7) is 2.02. The van der Waals surface area contributed by atoms with E-state index in [0.717, 1.165) is 50.2 Å². The summed E-state index contributed by atoms with van der Waals surface area (Å²) >= 11 is 0. The Morgan fingerprint density at radius 1 is 1.19 bits per heavy atom. The van der Waals surface area contributed by atoms with E-state index in [4.69, 9.17) is 4.74 Å². The van der Waals surface area contributed by atoms with E-state index in [1.807, 2.05) is 0 Å². The van der Waals surface area contributed by atoms with Crippen molar-refractivity contribution in [1.29, 1.82) is 0 Å². The second-order valence-electron chi connectivity index (χ2n) is 8.90. The molecule has 1 amide bonds. The molecule has 2 fully saturated rings. The van der Waals surface area contributed by atoms with E-state index in [1.54, 1.807) is 11.2 Å². The topological polar surface area (TPSA) is 58.6 Å². The molecule has 31 heavy (non-hydrogen) atoms. The molecule has 1 aromatic carbocycles. The summed E-state index contributed by atoms with van der Waals surface area (Å²) in [6.07, 6.45) is 1.32. The van der Waals surface area contributed by atoms with E-state index < -0.39 is 27.3 Å². The molecule has 1 aromatic rings. The van der Waals surface area contributed by atoms with Crippen LogP contribution in [0.4, 0.5) is 13.2 Å². The zero-order chi connectivity index (χ0) is 22.2. The van der Waals surface area contributed by atoms with Gasteiger partial charge in [-0.2, -0.15) is 13.2 Å². The Bertz CT molecular complexity index is 857. The highest BCUT2D eigenvalue weighted by atomic mass is 32.2. The Morgan fingerprint density at radius 3 is 2.61 bits per heavy atom. The van der Waals surface area contributed by atoms with Crippen LogP contribution >= 0.6 is 0 Å². The summed E-state index contributed by atoms with van der Waals surface area (Å²) in [5.41, 5.74) is 0.673. The number of fused-ring (bicyclic) bond motifs is 1. The number of amides is 1. The third kappa shape index (κ3) is 4.68. The van der Waals surface area contributed by atoms with Gasteiger partial charge in [-0.05, 0) is 61.8 Å². The van der Waals surface area contributed by atoms with Crippen LogP contribution in [0.25, 0.3) is 0 Å². The van der Waals surface area contributed by atoms with Crippen LogP contribution in [0.3, 0.4) is 0 Å². The van der Waals surface area contributed by atoms with Crippen LogP contribution in [-0.2, 0) is 39.5 Å². The molecule has 1 N–H and O–H groups in total. The summed E-state index contributed by atoms with van der Waals surface area (Å²) in [4.78, 5) is 15.2. The van der Waals surface area contributed by atoms with Gasteiger partial charge in [0.05, 0.1) is 5.56 Å². The molecule has 0 spiro atoms. The van der Waals surface area contributed by atoms with Gasteiger partial charge in [0.2, 0.25) is 5.91 Å². The predicted octanol–water partition coefficient (Wildman–Crippen LogP) is 3.03. The fourth-order valence-corrected chi connectivity index (χ4v) is 6.34.